The zero-order valence-electron chi connectivity index (χ0n) is 26.8. The predicted octanol–water partition coefficient (Wildman–Crippen LogP) is 12.0. The van der Waals surface area contributed by atoms with E-state index < -0.39 is 5.41 Å². The highest BCUT2D eigenvalue weighted by Gasteiger charge is 2.49. The number of fused-ring (bicyclic) bond motifs is 6. The van der Waals surface area contributed by atoms with Gasteiger partial charge in [-0.2, -0.15) is 0 Å². The number of aryl methyl sites for hydroxylation is 6. The van der Waals surface area contributed by atoms with Crippen molar-refractivity contribution in [1.29, 1.82) is 0 Å². The molecule has 6 aromatic carbocycles. The minimum Gasteiger partial charge on any atom is -0.355 e. The van der Waals surface area contributed by atoms with E-state index in [9.17, 15) is 0 Å². The van der Waals surface area contributed by atoms with Crippen LogP contribution in [0.2, 0.25) is 0 Å². The fourth-order valence-corrected chi connectivity index (χ4v) is 9.68. The quantitative estimate of drug-likeness (QED) is 0.212. The smallest absolute Gasteiger partial charge is 0.0724 e. The van der Waals surface area contributed by atoms with Gasteiger partial charge in [-0.15, -0.1) is 11.3 Å². The maximum atomic E-state index is 3.91. The standard InChI is InChI=1S/C43H37NS/c1-25-20-27(3)41(28(4)21-25)43(42-29(5)22-26(2)23-30(42)6)35-14-9-7-13-33(35)40-36(43)15-11-16-37(40)44-31-18-19-39-34(24-31)32-12-8-10-17-38(32)45-39/h7-24,44H,1-6H3. The van der Waals surface area contributed by atoms with E-state index in [1.807, 2.05) is 11.3 Å². The molecule has 7 aromatic rings. The number of hydrogen-bond donors (Lipinski definition) is 1. The van der Waals surface area contributed by atoms with Crippen LogP contribution >= 0.6 is 11.3 Å². The van der Waals surface area contributed by atoms with Crippen molar-refractivity contribution >= 4 is 42.9 Å². The molecule has 0 bridgehead atoms. The van der Waals surface area contributed by atoms with Crippen molar-refractivity contribution in [3.8, 4) is 11.1 Å². The van der Waals surface area contributed by atoms with E-state index in [-0.39, 0.29) is 0 Å². The van der Waals surface area contributed by atoms with Crippen LogP contribution in [-0.4, -0.2) is 0 Å². The third-order valence-electron chi connectivity index (χ3n) is 9.83. The topological polar surface area (TPSA) is 12.0 Å². The largest absolute Gasteiger partial charge is 0.355 e. The molecule has 0 atom stereocenters. The summed E-state index contributed by atoms with van der Waals surface area (Å²) in [7, 11) is 0. The first-order valence-corrected chi connectivity index (χ1v) is 16.7. The fourth-order valence-electron chi connectivity index (χ4n) is 8.60. The van der Waals surface area contributed by atoms with Crippen molar-refractivity contribution in [2.75, 3.05) is 5.32 Å². The lowest BCUT2D eigenvalue weighted by Crippen LogP contribution is -2.32. The lowest BCUT2D eigenvalue weighted by atomic mass is 9.63. The van der Waals surface area contributed by atoms with E-state index in [4.69, 9.17) is 0 Å². The molecule has 0 aliphatic heterocycles. The lowest BCUT2D eigenvalue weighted by Gasteiger charge is -2.39. The van der Waals surface area contributed by atoms with Gasteiger partial charge in [-0.3, -0.25) is 0 Å². The highest BCUT2D eigenvalue weighted by Crippen LogP contribution is 2.60. The second kappa shape index (κ2) is 10.2. The first-order chi connectivity index (χ1) is 21.8. The van der Waals surface area contributed by atoms with Crippen molar-refractivity contribution < 1.29 is 0 Å². The molecule has 0 saturated carbocycles. The van der Waals surface area contributed by atoms with Crippen LogP contribution < -0.4 is 5.32 Å². The second-order valence-corrected chi connectivity index (χ2v) is 14.1. The van der Waals surface area contributed by atoms with Crippen molar-refractivity contribution in [2.24, 2.45) is 0 Å². The Morgan fingerprint density at radius 2 is 1.09 bits per heavy atom. The summed E-state index contributed by atoms with van der Waals surface area (Å²) in [5.41, 5.74) is 17.9. The molecule has 1 heterocycles. The first-order valence-electron chi connectivity index (χ1n) is 15.9. The highest BCUT2D eigenvalue weighted by atomic mass is 32.1. The Morgan fingerprint density at radius 3 is 1.78 bits per heavy atom. The van der Waals surface area contributed by atoms with E-state index in [0.29, 0.717) is 0 Å². The lowest BCUT2D eigenvalue weighted by molar-refractivity contribution is 0.739. The van der Waals surface area contributed by atoms with Crippen LogP contribution in [0.25, 0.3) is 31.3 Å². The molecule has 0 fully saturated rings. The summed E-state index contributed by atoms with van der Waals surface area (Å²) >= 11 is 1.86. The Morgan fingerprint density at radius 1 is 0.511 bits per heavy atom. The minimum atomic E-state index is -0.444. The summed E-state index contributed by atoms with van der Waals surface area (Å²) in [6.45, 7) is 13.6. The van der Waals surface area contributed by atoms with E-state index >= 15 is 0 Å². The van der Waals surface area contributed by atoms with Crippen LogP contribution in [0.3, 0.4) is 0 Å². The molecule has 1 aliphatic carbocycles. The van der Waals surface area contributed by atoms with Gasteiger partial charge in [0, 0.05) is 37.1 Å². The summed E-state index contributed by atoms with van der Waals surface area (Å²) in [4.78, 5) is 0. The fraction of sp³-hybridized carbons (Fsp3) is 0.163. The van der Waals surface area contributed by atoms with Gasteiger partial charge in [-0.1, -0.05) is 90.0 Å². The average Bonchev–Trinajstić information content (AvgIpc) is 3.51. The summed E-state index contributed by atoms with van der Waals surface area (Å²) < 4.78 is 2.65. The molecule has 0 spiro atoms. The molecule has 2 heteroatoms. The average molecular weight is 600 g/mol. The molecule has 0 unspecified atom stereocenters. The van der Waals surface area contributed by atoms with E-state index in [2.05, 4.69) is 156 Å². The number of hydrogen-bond acceptors (Lipinski definition) is 2. The second-order valence-electron chi connectivity index (χ2n) is 13.0. The molecule has 0 saturated heterocycles. The van der Waals surface area contributed by atoms with Gasteiger partial charge in [0.25, 0.3) is 0 Å². The first kappa shape index (κ1) is 27.9. The monoisotopic (exact) mass is 599 g/mol. The van der Waals surface area contributed by atoms with Crippen molar-refractivity contribution in [3.05, 3.63) is 165 Å². The predicted molar refractivity (Wildman–Crippen MR) is 195 cm³/mol. The van der Waals surface area contributed by atoms with Gasteiger partial charge in [0.2, 0.25) is 0 Å². The number of rotatable bonds is 4. The summed E-state index contributed by atoms with van der Waals surface area (Å²) in [5, 5.41) is 6.54. The van der Waals surface area contributed by atoms with Crippen LogP contribution in [0.4, 0.5) is 11.4 Å². The SMILES string of the molecule is Cc1cc(C)c(C2(c3c(C)cc(C)cc3C)c3ccccc3-c3c(Nc4ccc5sc6ccccc6c5c4)cccc32)c(C)c1. The Kier molecular flexibility index (Phi) is 6.31. The van der Waals surface area contributed by atoms with Crippen LogP contribution in [-0.2, 0) is 5.41 Å². The summed E-state index contributed by atoms with van der Waals surface area (Å²) in [5.74, 6) is 0. The molecule has 1 nitrogen and oxygen atoms in total. The van der Waals surface area contributed by atoms with Gasteiger partial charge in [-0.25, -0.2) is 0 Å². The molecule has 8 rings (SSSR count). The Hall–Kier alpha value is -4.66. The van der Waals surface area contributed by atoms with Crippen LogP contribution in [0.1, 0.15) is 55.6 Å². The van der Waals surface area contributed by atoms with Gasteiger partial charge >= 0.3 is 0 Å². The zero-order chi connectivity index (χ0) is 31.0. The zero-order valence-corrected chi connectivity index (χ0v) is 27.6. The van der Waals surface area contributed by atoms with Crippen LogP contribution in [0, 0.1) is 41.5 Å². The van der Waals surface area contributed by atoms with Gasteiger partial charge in [-0.05, 0) is 122 Å². The third-order valence-corrected chi connectivity index (χ3v) is 11.0. The van der Waals surface area contributed by atoms with Gasteiger partial charge < -0.3 is 5.32 Å². The summed E-state index contributed by atoms with van der Waals surface area (Å²) in [6.07, 6.45) is 0. The maximum Gasteiger partial charge on any atom is 0.0724 e. The number of benzene rings is 6. The molecular weight excluding hydrogens is 563 g/mol. The molecule has 0 amide bonds. The van der Waals surface area contributed by atoms with E-state index in [1.165, 1.54) is 86.9 Å². The van der Waals surface area contributed by atoms with Gasteiger partial charge in [0.1, 0.15) is 0 Å². The molecule has 1 aliphatic rings. The van der Waals surface area contributed by atoms with Crippen molar-refractivity contribution in [3.63, 3.8) is 0 Å². The number of anilines is 2. The van der Waals surface area contributed by atoms with E-state index in [1.54, 1.807) is 0 Å². The van der Waals surface area contributed by atoms with Crippen LogP contribution in [0.5, 0.6) is 0 Å². The van der Waals surface area contributed by atoms with Crippen molar-refractivity contribution in [1.82, 2.24) is 0 Å². The molecule has 0 radical (unpaired) electrons. The van der Waals surface area contributed by atoms with Crippen LogP contribution in [0.15, 0.2) is 109 Å². The molecule has 220 valence electrons. The Bertz CT molecular complexity index is 2210. The Labute approximate surface area is 270 Å². The number of nitrogens with one attached hydrogen (secondary N) is 1. The molecule has 1 N–H and O–H groups in total. The normalized spacial score (nSPS) is 13.3. The van der Waals surface area contributed by atoms with Crippen molar-refractivity contribution in [2.45, 2.75) is 47.0 Å². The molecular formula is C43H37NS. The Balaban J connectivity index is 1.44. The molecule has 1 aromatic heterocycles. The highest BCUT2D eigenvalue weighted by molar-refractivity contribution is 7.25. The van der Waals surface area contributed by atoms with Gasteiger partial charge in [0.15, 0.2) is 0 Å². The molecule has 45 heavy (non-hydrogen) atoms. The van der Waals surface area contributed by atoms with Gasteiger partial charge in [0.05, 0.1) is 5.41 Å². The minimum absolute atomic E-state index is 0.444. The summed E-state index contributed by atoms with van der Waals surface area (Å²) in [6, 6.07) is 41.0. The number of thiophene rings is 1. The third kappa shape index (κ3) is 4.05. The maximum absolute atomic E-state index is 3.91. The van der Waals surface area contributed by atoms with E-state index in [0.717, 1.165) is 11.4 Å².